The van der Waals surface area contributed by atoms with E-state index in [1.807, 2.05) is 12.1 Å². The molecule has 2 aromatic carbocycles. The minimum Gasteiger partial charge on any atom is -0.394 e. The van der Waals surface area contributed by atoms with Gasteiger partial charge in [0.25, 0.3) is 0 Å². The molecule has 37 heavy (non-hydrogen) atoms. The molecule has 202 valence electrons. The van der Waals surface area contributed by atoms with Crippen molar-refractivity contribution in [3.63, 3.8) is 0 Å². The van der Waals surface area contributed by atoms with Crippen molar-refractivity contribution in [3.8, 4) is 0 Å². The number of nitrogens with zero attached hydrogens (tertiary/aromatic N) is 1. The van der Waals surface area contributed by atoms with Crippen LogP contribution in [0.3, 0.4) is 0 Å². The lowest BCUT2D eigenvalue weighted by Gasteiger charge is -2.50. The summed E-state index contributed by atoms with van der Waals surface area (Å²) in [5.41, 5.74) is -4.14. The zero-order chi connectivity index (χ0) is 27.5. The molecule has 0 spiro atoms. The fourth-order valence-electron chi connectivity index (χ4n) is 4.49. The Morgan fingerprint density at radius 3 is 2.00 bits per heavy atom. The van der Waals surface area contributed by atoms with Gasteiger partial charge in [0.1, 0.15) is 0 Å². The molecule has 0 amide bonds. The van der Waals surface area contributed by atoms with Gasteiger partial charge in [-0.05, 0) is 49.1 Å². The van der Waals surface area contributed by atoms with E-state index in [0.29, 0.717) is 25.0 Å². The Morgan fingerprint density at radius 1 is 1.00 bits per heavy atom. The summed E-state index contributed by atoms with van der Waals surface area (Å²) in [6, 6.07) is 10.4. The molecule has 2 aromatic rings. The highest BCUT2D eigenvalue weighted by molar-refractivity contribution is 5.73. The molecule has 3 atom stereocenters. The number of benzene rings is 2. The van der Waals surface area contributed by atoms with Crippen molar-refractivity contribution in [2.75, 3.05) is 19.8 Å². The molecule has 0 aliphatic carbocycles. The third kappa shape index (κ3) is 6.13. The van der Waals surface area contributed by atoms with Crippen LogP contribution in [0, 0.1) is 10.8 Å². The van der Waals surface area contributed by atoms with Crippen LogP contribution in [0.25, 0.3) is 0 Å². The number of nitrogens with one attached hydrogen (secondary N) is 3. The molecule has 0 bridgehead atoms. The smallest absolute Gasteiger partial charge is 0.394 e. The Bertz CT molecular complexity index is 1040. The zero-order valence-corrected chi connectivity index (χ0v) is 20.0. The second kappa shape index (κ2) is 10.8. The Kier molecular flexibility index (Phi) is 8.35. The first kappa shape index (κ1) is 28.6. The molecule has 6 nitrogen and oxygen atoms in total. The van der Waals surface area contributed by atoms with E-state index in [1.165, 1.54) is 11.8 Å². The van der Waals surface area contributed by atoms with E-state index >= 15 is 0 Å². The average molecular weight is 531 g/mol. The van der Waals surface area contributed by atoms with Crippen LogP contribution in [0.5, 0.6) is 0 Å². The topological polar surface area (TPSA) is 92.4 Å². The monoisotopic (exact) mass is 530 g/mol. The fourth-order valence-corrected chi connectivity index (χ4v) is 4.49. The first-order chi connectivity index (χ1) is 17.3. The molecular formula is C25H28F6N4O2. The second-order valence-corrected chi connectivity index (χ2v) is 9.14. The number of alkyl halides is 6. The summed E-state index contributed by atoms with van der Waals surface area (Å²) in [5.74, 6) is 0. The normalized spacial score (nSPS) is 23.4. The lowest BCUT2D eigenvalue weighted by atomic mass is 9.76. The number of aliphatic hydroxyl groups excluding tert-OH is 1. The molecule has 0 saturated carbocycles. The van der Waals surface area contributed by atoms with Gasteiger partial charge < -0.3 is 20.1 Å². The number of hydrogen-bond donors (Lipinski definition) is 4. The van der Waals surface area contributed by atoms with Gasteiger partial charge in [-0.1, -0.05) is 30.3 Å². The van der Waals surface area contributed by atoms with Crippen LogP contribution in [0.15, 0.2) is 48.5 Å². The van der Waals surface area contributed by atoms with Gasteiger partial charge in [0.05, 0.1) is 54.2 Å². The third-order valence-electron chi connectivity index (χ3n) is 6.88. The number of ether oxygens (including phenoxy) is 1. The van der Waals surface area contributed by atoms with E-state index in [2.05, 4.69) is 5.32 Å². The Balaban J connectivity index is 1.90. The molecule has 1 saturated heterocycles. The molecule has 1 aliphatic rings. The standard InChI is InChI=1S/C25H28F6N4O2/c1-17(18-9-20(24(26,27)28)11-21(10-18)25(29,30)31)37-14-23(19-5-3-2-4-6-19)8-7-22(13-36,12-34-23)35(15-32)16-33/h2-6,9-11,15-17,32-34,36H,7-8,12-14H2,1H3/t17-,22-,23+/m0/s1. The quantitative estimate of drug-likeness (QED) is 0.200. The van der Waals surface area contributed by atoms with Gasteiger partial charge in [-0.25, -0.2) is 0 Å². The number of hydrogen-bond acceptors (Lipinski definition) is 5. The SMILES string of the molecule is C[C@H](OC[C@@]1(c2ccccc2)CC[C@](CO)(N(C=N)C=N)CN1)c1cc(C(F)(F)F)cc(C(F)(F)F)c1. The van der Waals surface area contributed by atoms with E-state index in [-0.39, 0.29) is 31.4 Å². The number of rotatable bonds is 9. The molecule has 3 rings (SSSR count). The summed E-state index contributed by atoms with van der Waals surface area (Å²) in [6.07, 6.45) is -8.48. The van der Waals surface area contributed by atoms with E-state index in [1.54, 1.807) is 18.2 Å². The summed E-state index contributed by atoms with van der Waals surface area (Å²) >= 11 is 0. The summed E-state index contributed by atoms with van der Waals surface area (Å²) in [6.45, 7) is 1.09. The molecule has 1 heterocycles. The Labute approximate surface area is 210 Å². The number of aliphatic hydroxyl groups is 1. The van der Waals surface area contributed by atoms with Crippen molar-refractivity contribution in [1.29, 1.82) is 10.8 Å². The summed E-state index contributed by atoms with van der Waals surface area (Å²) in [7, 11) is 0. The molecule has 1 aliphatic heterocycles. The predicted octanol–water partition coefficient (Wildman–Crippen LogP) is 5.33. The number of halogens is 6. The highest BCUT2D eigenvalue weighted by Crippen LogP contribution is 2.40. The number of piperidine rings is 1. The molecule has 12 heteroatoms. The van der Waals surface area contributed by atoms with Crippen molar-refractivity contribution in [1.82, 2.24) is 10.2 Å². The minimum absolute atomic E-state index is 0.0806. The molecule has 1 fully saturated rings. The first-order valence-electron chi connectivity index (χ1n) is 11.4. The van der Waals surface area contributed by atoms with Gasteiger partial charge in [0, 0.05) is 6.54 Å². The van der Waals surface area contributed by atoms with Crippen LogP contribution in [0.1, 0.15) is 48.1 Å². The maximum Gasteiger partial charge on any atom is 0.416 e. The minimum atomic E-state index is -4.96. The van der Waals surface area contributed by atoms with Gasteiger partial charge in [0.2, 0.25) is 0 Å². The van der Waals surface area contributed by atoms with Gasteiger partial charge in [0.15, 0.2) is 0 Å². The first-order valence-corrected chi connectivity index (χ1v) is 11.4. The van der Waals surface area contributed by atoms with Gasteiger partial charge >= 0.3 is 12.4 Å². The maximum absolute atomic E-state index is 13.3. The molecule has 0 unspecified atom stereocenters. The van der Waals surface area contributed by atoms with E-state index in [0.717, 1.165) is 18.2 Å². The highest BCUT2D eigenvalue weighted by Gasteiger charge is 2.46. The summed E-state index contributed by atoms with van der Waals surface area (Å²) in [5, 5.41) is 28.5. The van der Waals surface area contributed by atoms with Crippen LogP contribution in [0.4, 0.5) is 26.3 Å². The fraction of sp³-hybridized carbons (Fsp3) is 0.440. The molecular weight excluding hydrogens is 502 g/mol. The Morgan fingerprint density at radius 2 is 1.57 bits per heavy atom. The van der Waals surface area contributed by atoms with Crippen molar-refractivity contribution in [2.24, 2.45) is 0 Å². The van der Waals surface area contributed by atoms with Crippen molar-refractivity contribution < 1.29 is 36.2 Å². The molecule has 4 N–H and O–H groups in total. The molecule has 0 aromatic heterocycles. The van der Waals surface area contributed by atoms with Crippen LogP contribution in [-0.4, -0.2) is 48.0 Å². The van der Waals surface area contributed by atoms with Crippen LogP contribution >= 0.6 is 0 Å². The summed E-state index contributed by atoms with van der Waals surface area (Å²) < 4.78 is 85.8. The average Bonchev–Trinajstić information content (AvgIpc) is 2.88. The van der Waals surface area contributed by atoms with Crippen molar-refractivity contribution in [2.45, 2.75) is 49.3 Å². The second-order valence-electron chi connectivity index (χ2n) is 9.14. The highest BCUT2D eigenvalue weighted by atomic mass is 19.4. The largest absolute Gasteiger partial charge is 0.416 e. The van der Waals surface area contributed by atoms with E-state index in [4.69, 9.17) is 15.6 Å². The van der Waals surface area contributed by atoms with Crippen LogP contribution in [-0.2, 0) is 22.6 Å². The van der Waals surface area contributed by atoms with Crippen LogP contribution < -0.4 is 5.32 Å². The lowest BCUT2D eigenvalue weighted by molar-refractivity contribution is -0.143. The Hall–Kier alpha value is -2.96. The lowest BCUT2D eigenvalue weighted by Crippen LogP contribution is -2.65. The van der Waals surface area contributed by atoms with Crippen LogP contribution in [0.2, 0.25) is 0 Å². The van der Waals surface area contributed by atoms with E-state index < -0.39 is 40.7 Å². The third-order valence-corrected chi connectivity index (χ3v) is 6.88. The summed E-state index contributed by atoms with van der Waals surface area (Å²) in [4.78, 5) is 1.28. The van der Waals surface area contributed by atoms with E-state index in [9.17, 15) is 31.4 Å². The van der Waals surface area contributed by atoms with Gasteiger partial charge in [-0.3, -0.25) is 10.8 Å². The van der Waals surface area contributed by atoms with Crippen molar-refractivity contribution >= 4 is 12.7 Å². The van der Waals surface area contributed by atoms with Gasteiger partial charge in [-0.15, -0.1) is 0 Å². The molecule has 0 radical (unpaired) electrons. The predicted molar refractivity (Wildman–Crippen MR) is 125 cm³/mol. The zero-order valence-electron chi connectivity index (χ0n) is 20.0. The van der Waals surface area contributed by atoms with Gasteiger partial charge in [-0.2, -0.15) is 26.3 Å². The van der Waals surface area contributed by atoms with Crippen molar-refractivity contribution in [3.05, 3.63) is 70.8 Å². The maximum atomic E-state index is 13.3.